The minimum absolute atomic E-state index is 0.00683. The highest BCUT2D eigenvalue weighted by molar-refractivity contribution is 6.00. The first-order valence-electron chi connectivity index (χ1n) is 8.94. The quantitative estimate of drug-likeness (QED) is 0.540. The fraction of sp³-hybridized carbons (Fsp3) is 0.667. The lowest BCUT2D eigenvalue weighted by Gasteiger charge is -2.36. The van der Waals surface area contributed by atoms with E-state index in [1.54, 1.807) is 18.5 Å². The Hall–Kier alpha value is -1.98. The van der Waals surface area contributed by atoms with Gasteiger partial charge in [-0.05, 0) is 19.4 Å². The Labute approximate surface area is 144 Å². The maximum absolute atomic E-state index is 12.7. The number of aromatic nitrogens is 2. The number of ketones is 1. The van der Waals surface area contributed by atoms with Crippen molar-refractivity contribution < 1.29 is 9.59 Å². The molecule has 0 radical (unpaired) electrons. The summed E-state index contributed by atoms with van der Waals surface area (Å²) in [6.07, 6.45) is 8.48. The molecule has 1 fully saturated rings. The summed E-state index contributed by atoms with van der Waals surface area (Å²) < 4.78 is 0. The van der Waals surface area contributed by atoms with Gasteiger partial charge in [0.05, 0.1) is 5.92 Å². The van der Waals surface area contributed by atoms with Gasteiger partial charge in [0, 0.05) is 38.6 Å². The van der Waals surface area contributed by atoms with Crippen LogP contribution in [0.5, 0.6) is 0 Å². The molecule has 6 heteroatoms. The van der Waals surface area contributed by atoms with Crippen LogP contribution in [0.1, 0.15) is 46.0 Å². The molecule has 0 aliphatic carbocycles. The molecule has 2 heterocycles. The lowest BCUT2D eigenvalue weighted by Crippen LogP contribution is -2.51. The molecule has 1 aromatic heterocycles. The Kier molecular flexibility index (Phi) is 7.15. The second-order valence-corrected chi connectivity index (χ2v) is 6.37. The van der Waals surface area contributed by atoms with Crippen molar-refractivity contribution in [2.45, 2.75) is 46.0 Å². The highest BCUT2D eigenvalue weighted by Crippen LogP contribution is 2.17. The molecule has 1 saturated heterocycles. The van der Waals surface area contributed by atoms with Gasteiger partial charge >= 0.3 is 0 Å². The molecule has 0 unspecified atom stereocenters. The molecular weight excluding hydrogens is 304 g/mol. The van der Waals surface area contributed by atoms with E-state index in [0.29, 0.717) is 38.5 Å². The molecule has 0 N–H and O–H groups in total. The van der Waals surface area contributed by atoms with Crippen LogP contribution in [-0.4, -0.2) is 52.7 Å². The number of rotatable bonds is 8. The molecule has 1 atom stereocenters. The van der Waals surface area contributed by atoms with Gasteiger partial charge in [-0.25, -0.2) is 9.97 Å². The van der Waals surface area contributed by atoms with Crippen LogP contribution in [0.3, 0.4) is 0 Å². The maximum Gasteiger partial charge on any atom is 0.233 e. The Morgan fingerprint density at radius 3 is 2.33 bits per heavy atom. The number of unbranched alkanes of at least 4 members (excludes halogenated alkanes) is 3. The van der Waals surface area contributed by atoms with Crippen LogP contribution in [0.2, 0.25) is 0 Å². The summed E-state index contributed by atoms with van der Waals surface area (Å²) in [6, 6.07) is 1.79. The van der Waals surface area contributed by atoms with Crippen molar-refractivity contribution in [3.63, 3.8) is 0 Å². The summed E-state index contributed by atoms with van der Waals surface area (Å²) in [5.41, 5.74) is 0. The van der Waals surface area contributed by atoms with Gasteiger partial charge in [-0.2, -0.15) is 0 Å². The molecular formula is C18H28N4O2. The van der Waals surface area contributed by atoms with E-state index in [-0.39, 0.29) is 11.7 Å². The fourth-order valence-corrected chi connectivity index (χ4v) is 3.08. The zero-order valence-electron chi connectivity index (χ0n) is 14.8. The van der Waals surface area contributed by atoms with E-state index in [1.807, 2.05) is 4.90 Å². The Bertz CT molecular complexity index is 527. The first-order valence-corrected chi connectivity index (χ1v) is 8.94. The molecule has 2 rings (SSSR count). The van der Waals surface area contributed by atoms with Gasteiger partial charge in [-0.15, -0.1) is 0 Å². The molecule has 0 aromatic carbocycles. The zero-order valence-corrected chi connectivity index (χ0v) is 14.8. The summed E-state index contributed by atoms with van der Waals surface area (Å²) in [4.78, 5) is 37.0. The predicted octanol–water partition coefficient (Wildman–Crippen LogP) is 2.30. The molecule has 6 nitrogen and oxygen atoms in total. The summed E-state index contributed by atoms with van der Waals surface area (Å²) in [5, 5.41) is 0. The summed E-state index contributed by atoms with van der Waals surface area (Å²) >= 11 is 0. The molecule has 1 aliphatic rings. The number of amides is 1. The van der Waals surface area contributed by atoms with E-state index >= 15 is 0 Å². The number of anilines is 1. The van der Waals surface area contributed by atoms with Crippen molar-refractivity contribution in [2.24, 2.45) is 5.92 Å². The molecule has 1 aliphatic heterocycles. The zero-order chi connectivity index (χ0) is 17.4. The monoisotopic (exact) mass is 332 g/mol. The molecule has 1 aromatic rings. The minimum atomic E-state index is -0.471. The third kappa shape index (κ3) is 5.01. The Morgan fingerprint density at radius 2 is 1.75 bits per heavy atom. The van der Waals surface area contributed by atoms with E-state index in [2.05, 4.69) is 21.8 Å². The maximum atomic E-state index is 12.7. The van der Waals surface area contributed by atoms with Crippen molar-refractivity contribution in [3.05, 3.63) is 18.5 Å². The Morgan fingerprint density at radius 1 is 1.08 bits per heavy atom. The number of Topliss-reactive ketones (excluding diaryl/α,β-unsaturated/α-hetero) is 1. The number of hydrogen-bond donors (Lipinski definition) is 0. The van der Waals surface area contributed by atoms with E-state index < -0.39 is 5.92 Å². The third-order valence-corrected chi connectivity index (χ3v) is 4.56. The summed E-state index contributed by atoms with van der Waals surface area (Å²) in [7, 11) is 0. The van der Waals surface area contributed by atoms with E-state index in [4.69, 9.17) is 0 Å². The van der Waals surface area contributed by atoms with Gasteiger partial charge in [0.25, 0.3) is 0 Å². The SMILES string of the molecule is CCCCCC[C@@H](C(C)=O)C(=O)N1CCN(c2ncccn2)CC1. The van der Waals surface area contributed by atoms with Crippen LogP contribution < -0.4 is 4.90 Å². The van der Waals surface area contributed by atoms with Crippen molar-refractivity contribution in [2.75, 3.05) is 31.1 Å². The highest BCUT2D eigenvalue weighted by Gasteiger charge is 2.30. The number of carbonyl (C=O) groups is 2. The second-order valence-electron chi connectivity index (χ2n) is 6.37. The van der Waals surface area contributed by atoms with Gasteiger partial charge in [0.1, 0.15) is 5.78 Å². The predicted molar refractivity (Wildman–Crippen MR) is 93.8 cm³/mol. The van der Waals surface area contributed by atoms with Crippen LogP contribution >= 0.6 is 0 Å². The molecule has 0 bridgehead atoms. The normalized spacial score (nSPS) is 16.1. The first-order chi connectivity index (χ1) is 11.6. The third-order valence-electron chi connectivity index (χ3n) is 4.56. The van der Waals surface area contributed by atoms with Crippen LogP contribution in [0.15, 0.2) is 18.5 Å². The lowest BCUT2D eigenvalue weighted by molar-refractivity contribution is -0.141. The fourth-order valence-electron chi connectivity index (χ4n) is 3.08. The second kappa shape index (κ2) is 9.35. The first kappa shape index (κ1) is 18.4. The van der Waals surface area contributed by atoms with Gasteiger partial charge in [-0.3, -0.25) is 9.59 Å². The van der Waals surface area contributed by atoms with Gasteiger partial charge in [0.2, 0.25) is 11.9 Å². The lowest BCUT2D eigenvalue weighted by atomic mass is 9.95. The van der Waals surface area contributed by atoms with Crippen LogP contribution in [-0.2, 0) is 9.59 Å². The Balaban J connectivity index is 1.86. The molecule has 0 spiro atoms. The van der Waals surface area contributed by atoms with Crippen LogP contribution in [0.4, 0.5) is 5.95 Å². The highest BCUT2D eigenvalue weighted by atomic mass is 16.2. The molecule has 0 saturated carbocycles. The standard InChI is InChI=1S/C18H28N4O2/c1-3-4-5-6-8-16(15(2)23)17(24)21-11-13-22(14-12-21)18-19-9-7-10-20-18/h7,9-10,16H,3-6,8,11-14H2,1-2H3/t16-/m0/s1. The van der Waals surface area contributed by atoms with Crippen molar-refractivity contribution in [1.82, 2.24) is 14.9 Å². The van der Waals surface area contributed by atoms with Gasteiger partial charge < -0.3 is 9.80 Å². The smallest absolute Gasteiger partial charge is 0.233 e. The number of piperazine rings is 1. The van der Waals surface area contributed by atoms with Crippen molar-refractivity contribution in [1.29, 1.82) is 0 Å². The van der Waals surface area contributed by atoms with E-state index in [9.17, 15) is 9.59 Å². The van der Waals surface area contributed by atoms with Crippen molar-refractivity contribution in [3.8, 4) is 0 Å². The van der Waals surface area contributed by atoms with Gasteiger partial charge in [-0.1, -0.05) is 32.6 Å². The number of carbonyl (C=O) groups excluding carboxylic acids is 2. The molecule has 24 heavy (non-hydrogen) atoms. The van der Waals surface area contributed by atoms with Gasteiger partial charge in [0.15, 0.2) is 0 Å². The summed E-state index contributed by atoms with van der Waals surface area (Å²) in [6.45, 7) is 6.35. The number of hydrogen-bond acceptors (Lipinski definition) is 5. The largest absolute Gasteiger partial charge is 0.339 e. The molecule has 1 amide bonds. The average molecular weight is 332 g/mol. The minimum Gasteiger partial charge on any atom is -0.339 e. The summed E-state index contributed by atoms with van der Waals surface area (Å²) in [5.74, 6) is 0.214. The van der Waals surface area contributed by atoms with Crippen LogP contribution in [0, 0.1) is 5.92 Å². The molecule has 132 valence electrons. The van der Waals surface area contributed by atoms with E-state index in [1.165, 1.54) is 6.92 Å². The topological polar surface area (TPSA) is 66.4 Å². The number of nitrogens with zero attached hydrogens (tertiary/aromatic N) is 4. The van der Waals surface area contributed by atoms with E-state index in [0.717, 1.165) is 25.7 Å². The van der Waals surface area contributed by atoms with Crippen LogP contribution in [0.25, 0.3) is 0 Å². The average Bonchev–Trinajstić information content (AvgIpc) is 2.62. The van der Waals surface area contributed by atoms with Crippen molar-refractivity contribution >= 4 is 17.6 Å².